The molecule has 1 nitrogen and oxygen atoms in total. The summed E-state index contributed by atoms with van der Waals surface area (Å²) < 4.78 is 0. The second-order valence-electron chi connectivity index (χ2n) is 18.2. The SMILES string of the molecule is c1ccc(-c2cc(-c3ccccc3)c3c4ccccc4c4cc(N(c5ccc6c(c5)C5(CCCCC5)c5ccccc5-6)c5cccc6ccccc56)ccc4c3c2-c2ccccc2)cc1. The Morgan fingerprint density at radius 2 is 0.892 bits per heavy atom. The molecule has 0 aromatic heterocycles. The summed E-state index contributed by atoms with van der Waals surface area (Å²) in [5, 5.41) is 10.0. The number of hydrogen-bond acceptors (Lipinski definition) is 1. The van der Waals surface area contributed by atoms with E-state index in [2.05, 4.69) is 229 Å². The van der Waals surface area contributed by atoms with Crippen molar-refractivity contribution in [2.75, 3.05) is 4.90 Å². The molecule has 2 aliphatic rings. The van der Waals surface area contributed by atoms with Crippen LogP contribution in [0.15, 0.2) is 224 Å². The van der Waals surface area contributed by atoms with Gasteiger partial charge in [0.2, 0.25) is 0 Å². The van der Waals surface area contributed by atoms with E-state index in [0.717, 1.165) is 5.69 Å². The highest BCUT2D eigenvalue weighted by molar-refractivity contribution is 6.33. The van der Waals surface area contributed by atoms with Gasteiger partial charge >= 0.3 is 0 Å². The molecule has 0 saturated heterocycles. The van der Waals surface area contributed by atoms with E-state index < -0.39 is 0 Å². The van der Waals surface area contributed by atoms with E-state index >= 15 is 0 Å². The lowest BCUT2D eigenvalue weighted by Gasteiger charge is -2.36. The summed E-state index contributed by atoms with van der Waals surface area (Å²) in [6, 6.07) is 84.1. The van der Waals surface area contributed by atoms with Crippen molar-refractivity contribution >= 4 is 60.2 Å². The summed E-state index contributed by atoms with van der Waals surface area (Å²) >= 11 is 0. The van der Waals surface area contributed by atoms with Gasteiger partial charge in [-0.2, -0.15) is 0 Å². The molecular weight excluding hydrogens is 783 g/mol. The quantitative estimate of drug-likeness (QED) is 0.151. The number of hydrogen-bond donors (Lipinski definition) is 0. The summed E-state index contributed by atoms with van der Waals surface area (Å²) in [5.74, 6) is 0. The lowest BCUT2D eigenvalue weighted by molar-refractivity contribution is 0.353. The second-order valence-corrected chi connectivity index (χ2v) is 18.2. The lowest BCUT2D eigenvalue weighted by atomic mass is 9.68. The van der Waals surface area contributed by atoms with Gasteiger partial charge in [-0.15, -0.1) is 0 Å². The molecule has 0 bridgehead atoms. The molecule has 1 heteroatoms. The van der Waals surface area contributed by atoms with Crippen LogP contribution in [0.1, 0.15) is 43.2 Å². The molecule has 0 aliphatic heterocycles. The molecule has 0 heterocycles. The maximum absolute atomic E-state index is 2.57. The van der Waals surface area contributed by atoms with Crippen molar-refractivity contribution in [1.29, 1.82) is 0 Å². The van der Waals surface area contributed by atoms with Crippen LogP contribution in [-0.4, -0.2) is 0 Å². The molecular formula is C64H47N. The van der Waals surface area contributed by atoms with E-state index in [9.17, 15) is 0 Å². The topological polar surface area (TPSA) is 3.24 Å². The van der Waals surface area contributed by atoms with E-state index in [-0.39, 0.29) is 5.41 Å². The van der Waals surface area contributed by atoms with E-state index in [4.69, 9.17) is 0 Å². The molecule has 11 aromatic carbocycles. The van der Waals surface area contributed by atoms with E-state index in [1.54, 1.807) is 0 Å². The highest BCUT2D eigenvalue weighted by Gasteiger charge is 2.44. The predicted octanol–water partition coefficient (Wildman–Crippen LogP) is 18.0. The van der Waals surface area contributed by atoms with Gasteiger partial charge in [-0.1, -0.05) is 207 Å². The Balaban J connectivity index is 1.14. The van der Waals surface area contributed by atoms with Gasteiger partial charge in [0.15, 0.2) is 0 Å². The summed E-state index contributed by atoms with van der Waals surface area (Å²) in [6.07, 6.45) is 6.23. The third-order valence-electron chi connectivity index (χ3n) is 14.8. The van der Waals surface area contributed by atoms with Crippen LogP contribution in [0.25, 0.3) is 87.6 Å². The van der Waals surface area contributed by atoms with Gasteiger partial charge < -0.3 is 4.90 Å². The van der Waals surface area contributed by atoms with Crippen LogP contribution < -0.4 is 4.90 Å². The fourth-order valence-corrected chi connectivity index (χ4v) is 12.0. The standard InChI is InChI=1S/C64H47N/c1-5-20-44(21-6-1)55-42-56(45-22-7-2-8-23-45)62-53-31-14-13-29-50(53)57-40-47(35-37-54(57)63(62)61(55)46-25-9-3-10-26-46)65(60-33-19-27-43-24-11-12-28-49(43)60)48-34-36-52-51-30-15-16-32-58(51)64(59(52)41-48)38-17-4-18-39-64/h1-3,5-16,19-37,40-42H,4,17-18,38-39H2. The van der Waals surface area contributed by atoms with Crippen LogP contribution in [0.2, 0.25) is 0 Å². The molecule has 0 N–H and O–H groups in total. The maximum atomic E-state index is 2.57. The van der Waals surface area contributed by atoms with Crippen molar-refractivity contribution in [3.8, 4) is 44.5 Å². The average molecular weight is 830 g/mol. The minimum absolute atomic E-state index is 0.0455. The lowest BCUT2D eigenvalue weighted by Crippen LogP contribution is -2.28. The third-order valence-corrected chi connectivity index (χ3v) is 14.8. The van der Waals surface area contributed by atoms with Gasteiger partial charge in [0.05, 0.1) is 5.69 Å². The van der Waals surface area contributed by atoms with Gasteiger partial charge in [-0.25, -0.2) is 0 Å². The Kier molecular flexibility index (Phi) is 8.84. The molecule has 0 amide bonds. The predicted molar refractivity (Wildman–Crippen MR) is 277 cm³/mol. The van der Waals surface area contributed by atoms with E-state index in [1.165, 1.54) is 142 Å². The molecule has 0 unspecified atom stereocenters. The molecule has 1 saturated carbocycles. The van der Waals surface area contributed by atoms with Crippen LogP contribution in [0.4, 0.5) is 17.1 Å². The number of rotatable bonds is 6. The maximum Gasteiger partial charge on any atom is 0.0540 e. The molecule has 0 radical (unpaired) electrons. The van der Waals surface area contributed by atoms with Crippen LogP contribution in [-0.2, 0) is 5.41 Å². The van der Waals surface area contributed by atoms with Crippen LogP contribution >= 0.6 is 0 Å². The molecule has 1 spiro atoms. The Labute approximate surface area is 380 Å². The summed E-state index contributed by atoms with van der Waals surface area (Å²) in [5.41, 5.74) is 16.8. The first kappa shape index (κ1) is 37.8. The first-order valence-corrected chi connectivity index (χ1v) is 23.4. The van der Waals surface area contributed by atoms with E-state index in [1.807, 2.05) is 0 Å². The number of fused-ring (bicyclic) bond motifs is 12. The molecule has 2 aliphatic carbocycles. The van der Waals surface area contributed by atoms with E-state index in [0.29, 0.717) is 0 Å². The summed E-state index contributed by atoms with van der Waals surface area (Å²) in [6.45, 7) is 0. The molecule has 308 valence electrons. The normalized spacial score (nSPS) is 14.0. The number of anilines is 3. The van der Waals surface area contributed by atoms with Crippen molar-refractivity contribution in [3.05, 3.63) is 236 Å². The monoisotopic (exact) mass is 829 g/mol. The smallest absolute Gasteiger partial charge is 0.0540 e. The Bertz CT molecular complexity index is 3610. The van der Waals surface area contributed by atoms with Crippen molar-refractivity contribution in [1.82, 2.24) is 0 Å². The molecule has 0 atom stereocenters. The zero-order valence-corrected chi connectivity index (χ0v) is 36.3. The third kappa shape index (κ3) is 5.92. The Hall–Kier alpha value is -7.74. The van der Waals surface area contributed by atoms with Crippen molar-refractivity contribution in [2.24, 2.45) is 0 Å². The Morgan fingerprint density at radius 1 is 0.323 bits per heavy atom. The fourth-order valence-electron chi connectivity index (χ4n) is 12.0. The first-order valence-electron chi connectivity index (χ1n) is 23.4. The zero-order valence-electron chi connectivity index (χ0n) is 36.3. The molecule has 11 aromatic rings. The fraction of sp³-hybridized carbons (Fsp3) is 0.0938. The summed E-state index contributed by atoms with van der Waals surface area (Å²) in [4.78, 5) is 2.55. The van der Waals surface area contributed by atoms with Gasteiger partial charge in [0.1, 0.15) is 0 Å². The first-order chi connectivity index (χ1) is 32.2. The van der Waals surface area contributed by atoms with Gasteiger partial charge in [0.25, 0.3) is 0 Å². The highest BCUT2D eigenvalue weighted by atomic mass is 15.1. The minimum atomic E-state index is 0.0455. The van der Waals surface area contributed by atoms with Crippen LogP contribution in [0.3, 0.4) is 0 Å². The minimum Gasteiger partial charge on any atom is -0.310 e. The average Bonchev–Trinajstić information content (AvgIpc) is 3.64. The van der Waals surface area contributed by atoms with Crippen LogP contribution in [0, 0.1) is 0 Å². The zero-order chi connectivity index (χ0) is 42.9. The highest BCUT2D eigenvalue weighted by Crippen LogP contribution is 2.57. The number of nitrogens with zero attached hydrogens (tertiary/aromatic N) is 1. The summed E-state index contributed by atoms with van der Waals surface area (Å²) in [7, 11) is 0. The van der Waals surface area contributed by atoms with Gasteiger partial charge in [-0.3, -0.25) is 0 Å². The molecule has 13 rings (SSSR count). The molecule has 1 fully saturated rings. The van der Waals surface area contributed by atoms with Crippen LogP contribution in [0.5, 0.6) is 0 Å². The molecule has 65 heavy (non-hydrogen) atoms. The van der Waals surface area contributed by atoms with Crippen molar-refractivity contribution < 1.29 is 0 Å². The largest absolute Gasteiger partial charge is 0.310 e. The van der Waals surface area contributed by atoms with Crippen molar-refractivity contribution in [3.63, 3.8) is 0 Å². The van der Waals surface area contributed by atoms with Crippen molar-refractivity contribution in [2.45, 2.75) is 37.5 Å². The number of benzene rings is 11. The van der Waals surface area contributed by atoms with Gasteiger partial charge in [-0.05, 0) is 143 Å². The second kappa shape index (κ2) is 15.2. The van der Waals surface area contributed by atoms with Gasteiger partial charge in [0, 0.05) is 22.2 Å². The Morgan fingerprint density at radius 3 is 1.66 bits per heavy atom.